The minimum atomic E-state index is -0.190. The molecular formula is C14H20N2O. The lowest BCUT2D eigenvalue weighted by atomic mass is 9.92. The molecule has 0 saturated heterocycles. The highest BCUT2D eigenvalue weighted by Gasteiger charge is 2.21. The van der Waals surface area contributed by atoms with Crippen LogP contribution in [0.2, 0.25) is 0 Å². The predicted molar refractivity (Wildman–Crippen MR) is 70.1 cm³/mol. The molecule has 3 heteroatoms. The lowest BCUT2D eigenvalue weighted by Crippen LogP contribution is -2.35. The van der Waals surface area contributed by atoms with Crippen molar-refractivity contribution >= 4 is 11.6 Å². The number of rotatable bonds is 2. The lowest BCUT2D eigenvalue weighted by Gasteiger charge is -2.27. The summed E-state index contributed by atoms with van der Waals surface area (Å²) in [7, 11) is 1.84. The molecule has 1 aromatic rings. The van der Waals surface area contributed by atoms with Gasteiger partial charge in [0, 0.05) is 24.7 Å². The van der Waals surface area contributed by atoms with Crippen LogP contribution in [-0.2, 0) is 17.6 Å². The number of anilines is 1. The number of hydrogen-bond donors (Lipinski definition) is 1. The average Bonchev–Trinajstić information content (AvgIpc) is 2.21. The summed E-state index contributed by atoms with van der Waals surface area (Å²) in [4.78, 5) is 13.3. The van der Waals surface area contributed by atoms with Crippen molar-refractivity contribution in [3.63, 3.8) is 0 Å². The van der Waals surface area contributed by atoms with Crippen LogP contribution in [0.15, 0.2) is 18.2 Å². The molecule has 0 spiro atoms. The summed E-state index contributed by atoms with van der Waals surface area (Å²) in [6.07, 6.45) is 2.31. The zero-order valence-electron chi connectivity index (χ0n) is 10.8. The number of carbonyl (C=O) groups excluding carboxylic acids is 1. The molecular weight excluding hydrogens is 212 g/mol. The molecule has 2 N–H and O–H groups in total. The molecule has 1 aromatic carbocycles. The molecule has 1 aliphatic rings. The van der Waals surface area contributed by atoms with Crippen LogP contribution >= 0.6 is 0 Å². The van der Waals surface area contributed by atoms with Gasteiger partial charge in [0.2, 0.25) is 5.91 Å². The molecule has 0 aliphatic carbocycles. The van der Waals surface area contributed by atoms with Crippen molar-refractivity contribution < 1.29 is 4.79 Å². The van der Waals surface area contributed by atoms with Crippen molar-refractivity contribution in [3.05, 3.63) is 29.3 Å². The van der Waals surface area contributed by atoms with Crippen LogP contribution in [0.3, 0.4) is 0 Å². The molecule has 0 bridgehead atoms. The quantitative estimate of drug-likeness (QED) is 0.846. The van der Waals surface area contributed by atoms with Crippen LogP contribution in [0.4, 0.5) is 5.69 Å². The minimum Gasteiger partial charge on any atom is -0.325 e. The summed E-state index contributed by atoms with van der Waals surface area (Å²) in [5.41, 5.74) is 9.39. The van der Waals surface area contributed by atoms with E-state index in [0.29, 0.717) is 6.42 Å². The van der Waals surface area contributed by atoms with E-state index in [0.717, 1.165) is 18.5 Å². The first-order chi connectivity index (χ1) is 7.87. The van der Waals surface area contributed by atoms with Crippen molar-refractivity contribution in [1.29, 1.82) is 0 Å². The van der Waals surface area contributed by atoms with Gasteiger partial charge in [-0.25, -0.2) is 0 Å². The zero-order valence-corrected chi connectivity index (χ0v) is 10.8. The third-order valence-corrected chi connectivity index (χ3v) is 3.15. The maximum Gasteiger partial charge on any atom is 0.227 e. The third kappa shape index (κ3) is 2.67. The van der Waals surface area contributed by atoms with Crippen LogP contribution in [0, 0.1) is 0 Å². The summed E-state index contributed by atoms with van der Waals surface area (Å²) in [5.74, 6) is 0.199. The molecule has 1 amide bonds. The molecule has 1 aliphatic heterocycles. The minimum absolute atomic E-state index is 0.190. The fourth-order valence-corrected chi connectivity index (χ4v) is 2.35. The topological polar surface area (TPSA) is 46.3 Å². The van der Waals surface area contributed by atoms with Gasteiger partial charge in [-0.2, -0.15) is 0 Å². The Kier molecular flexibility index (Phi) is 2.96. The summed E-state index contributed by atoms with van der Waals surface area (Å²) in [5, 5.41) is 0. The standard InChI is InChI=1S/C14H20N2O/c1-14(2,15)9-10-4-6-12-11(8-10)5-7-13(17)16(12)3/h4,6,8H,5,7,9,15H2,1-3H3. The number of aryl methyl sites for hydroxylation is 1. The second kappa shape index (κ2) is 4.15. The molecule has 0 radical (unpaired) electrons. The van der Waals surface area contributed by atoms with Gasteiger partial charge in [-0.3, -0.25) is 4.79 Å². The highest BCUT2D eigenvalue weighted by Crippen LogP contribution is 2.28. The smallest absolute Gasteiger partial charge is 0.227 e. The van der Waals surface area contributed by atoms with Crippen LogP contribution in [0.1, 0.15) is 31.4 Å². The number of nitrogens with two attached hydrogens (primary N) is 1. The maximum absolute atomic E-state index is 11.6. The molecule has 0 atom stereocenters. The zero-order chi connectivity index (χ0) is 12.6. The van der Waals surface area contributed by atoms with Crippen LogP contribution in [0.25, 0.3) is 0 Å². The van der Waals surface area contributed by atoms with E-state index in [9.17, 15) is 4.79 Å². The van der Waals surface area contributed by atoms with E-state index >= 15 is 0 Å². The molecule has 2 rings (SSSR count). The van der Waals surface area contributed by atoms with Gasteiger partial charge in [-0.05, 0) is 43.9 Å². The van der Waals surface area contributed by atoms with E-state index in [1.54, 1.807) is 4.90 Å². The Balaban J connectivity index is 2.29. The Labute approximate surface area is 103 Å². The number of benzene rings is 1. The lowest BCUT2D eigenvalue weighted by molar-refractivity contribution is -0.118. The van der Waals surface area contributed by atoms with Gasteiger partial charge in [0.05, 0.1) is 0 Å². The predicted octanol–water partition coefficient (Wildman–Crippen LogP) is 1.88. The van der Waals surface area contributed by atoms with Crippen molar-refractivity contribution in [2.24, 2.45) is 5.73 Å². The Morgan fingerprint density at radius 2 is 2.06 bits per heavy atom. The second-order valence-electron chi connectivity index (χ2n) is 5.58. The molecule has 0 saturated carbocycles. The Bertz CT molecular complexity index is 446. The van der Waals surface area contributed by atoms with Gasteiger partial charge in [-0.1, -0.05) is 12.1 Å². The molecule has 1 heterocycles. The molecule has 0 aromatic heterocycles. The molecule has 0 unspecified atom stereocenters. The number of fused-ring (bicyclic) bond motifs is 1. The monoisotopic (exact) mass is 232 g/mol. The highest BCUT2D eigenvalue weighted by molar-refractivity contribution is 5.95. The average molecular weight is 232 g/mol. The van der Waals surface area contributed by atoms with Gasteiger partial charge in [0.25, 0.3) is 0 Å². The SMILES string of the molecule is CN1C(=O)CCc2cc(CC(C)(C)N)ccc21. The first-order valence-corrected chi connectivity index (χ1v) is 6.04. The Morgan fingerprint density at radius 1 is 1.35 bits per heavy atom. The third-order valence-electron chi connectivity index (χ3n) is 3.15. The van der Waals surface area contributed by atoms with E-state index in [-0.39, 0.29) is 11.4 Å². The maximum atomic E-state index is 11.6. The second-order valence-corrected chi connectivity index (χ2v) is 5.58. The molecule has 92 valence electrons. The molecule has 3 nitrogen and oxygen atoms in total. The van der Waals surface area contributed by atoms with Crippen molar-refractivity contribution in [3.8, 4) is 0 Å². The normalized spacial score (nSPS) is 16.0. The summed E-state index contributed by atoms with van der Waals surface area (Å²) in [6, 6.07) is 6.29. The number of carbonyl (C=O) groups is 1. The summed E-state index contributed by atoms with van der Waals surface area (Å²) in [6.45, 7) is 4.06. The van der Waals surface area contributed by atoms with Gasteiger partial charge < -0.3 is 10.6 Å². The van der Waals surface area contributed by atoms with E-state index in [1.165, 1.54) is 11.1 Å². The van der Waals surface area contributed by atoms with Crippen LogP contribution < -0.4 is 10.6 Å². The summed E-state index contributed by atoms with van der Waals surface area (Å²) >= 11 is 0. The van der Waals surface area contributed by atoms with Gasteiger partial charge >= 0.3 is 0 Å². The van der Waals surface area contributed by atoms with Crippen molar-refractivity contribution in [2.45, 2.75) is 38.6 Å². The van der Waals surface area contributed by atoms with Crippen LogP contribution in [0.5, 0.6) is 0 Å². The largest absolute Gasteiger partial charge is 0.325 e. The Morgan fingerprint density at radius 3 is 2.71 bits per heavy atom. The number of amides is 1. The Hall–Kier alpha value is -1.35. The van der Waals surface area contributed by atoms with E-state index in [2.05, 4.69) is 12.1 Å². The van der Waals surface area contributed by atoms with E-state index < -0.39 is 0 Å². The first-order valence-electron chi connectivity index (χ1n) is 6.04. The number of nitrogens with zero attached hydrogens (tertiary/aromatic N) is 1. The fourth-order valence-electron chi connectivity index (χ4n) is 2.35. The first kappa shape index (κ1) is 12.1. The fraction of sp³-hybridized carbons (Fsp3) is 0.500. The van der Waals surface area contributed by atoms with E-state index in [1.807, 2.05) is 27.0 Å². The van der Waals surface area contributed by atoms with Gasteiger partial charge in [-0.15, -0.1) is 0 Å². The summed E-state index contributed by atoms with van der Waals surface area (Å²) < 4.78 is 0. The van der Waals surface area contributed by atoms with Crippen molar-refractivity contribution in [2.75, 3.05) is 11.9 Å². The van der Waals surface area contributed by atoms with E-state index in [4.69, 9.17) is 5.73 Å². The number of hydrogen-bond acceptors (Lipinski definition) is 2. The van der Waals surface area contributed by atoms with Gasteiger partial charge in [0.1, 0.15) is 0 Å². The molecule has 0 fully saturated rings. The highest BCUT2D eigenvalue weighted by atomic mass is 16.2. The van der Waals surface area contributed by atoms with Crippen LogP contribution in [-0.4, -0.2) is 18.5 Å². The van der Waals surface area contributed by atoms with Gasteiger partial charge in [0.15, 0.2) is 0 Å². The molecule has 17 heavy (non-hydrogen) atoms. The van der Waals surface area contributed by atoms with Crippen molar-refractivity contribution in [1.82, 2.24) is 0 Å².